The van der Waals surface area contributed by atoms with E-state index in [4.69, 9.17) is 4.74 Å². The smallest absolute Gasteiger partial charge is 0.355 e. The normalized spacial score (nSPS) is 12.0. The Labute approximate surface area is 171 Å². The van der Waals surface area contributed by atoms with Crippen LogP contribution in [0.3, 0.4) is 0 Å². The van der Waals surface area contributed by atoms with Gasteiger partial charge in [-0.1, -0.05) is 62.4 Å². The van der Waals surface area contributed by atoms with Gasteiger partial charge in [0.25, 0.3) is 5.91 Å². The Morgan fingerprint density at radius 3 is 2.34 bits per heavy atom. The number of esters is 1. The Kier molecular flexibility index (Phi) is 8.15. The fourth-order valence-corrected chi connectivity index (χ4v) is 2.71. The van der Waals surface area contributed by atoms with Crippen LogP contribution in [0.1, 0.15) is 44.2 Å². The maximum absolute atomic E-state index is 12.4. The summed E-state index contributed by atoms with van der Waals surface area (Å²) >= 11 is 0. The Balaban J connectivity index is 2.03. The monoisotopic (exact) mass is 394 g/mol. The lowest BCUT2D eigenvalue weighted by molar-refractivity contribution is -0.144. The summed E-state index contributed by atoms with van der Waals surface area (Å²) in [6.07, 6.45) is 2.44. The van der Waals surface area contributed by atoms with Crippen LogP contribution in [0.15, 0.2) is 60.3 Å². The second-order valence-electron chi connectivity index (χ2n) is 6.67. The molecule has 0 aliphatic rings. The summed E-state index contributed by atoms with van der Waals surface area (Å²) in [4.78, 5) is 36.1. The van der Waals surface area contributed by atoms with E-state index in [1.54, 1.807) is 12.1 Å². The molecule has 0 aliphatic carbocycles. The van der Waals surface area contributed by atoms with E-state index in [0.717, 1.165) is 17.5 Å². The average Bonchev–Trinajstić information content (AvgIpc) is 2.71. The SMILES string of the molecule is CCC(C)c1ccccc1NC(=O)COC(=O)/C(=C/c1ccccc1)NC(C)=O. The minimum Gasteiger partial charge on any atom is -0.451 e. The molecule has 0 heterocycles. The number of amides is 2. The lowest BCUT2D eigenvalue weighted by Gasteiger charge is -2.15. The van der Waals surface area contributed by atoms with Crippen molar-refractivity contribution in [1.82, 2.24) is 5.32 Å². The van der Waals surface area contributed by atoms with E-state index in [9.17, 15) is 14.4 Å². The molecule has 0 aliphatic heterocycles. The first-order valence-corrected chi connectivity index (χ1v) is 9.51. The van der Waals surface area contributed by atoms with Crippen molar-refractivity contribution in [2.24, 2.45) is 0 Å². The van der Waals surface area contributed by atoms with Gasteiger partial charge < -0.3 is 15.4 Å². The second-order valence-corrected chi connectivity index (χ2v) is 6.67. The Bertz CT molecular complexity index is 891. The summed E-state index contributed by atoms with van der Waals surface area (Å²) < 4.78 is 5.10. The zero-order chi connectivity index (χ0) is 21.2. The Morgan fingerprint density at radius 1 is 1.03 bits per heavy atom. The average molecular weight is 394 g/mol. The van der Waals surface area contributed by atoms with Crippen molar-refractivity contribution in [1.29, 1.82) is 0 Å². The highest BCUT2D eigenvalue weighted by molar-refractivity contribution is 5.99. The van der Waals surface area contributed by atoms with Crippen LogP contribution in [0.25, 0.3) is 6.08 Å². The third-order valence-corrected chi connectivity index (χ3v) is 4.35. The molecule has 0 aromatic heterocycles. The quantitative estimate of drug-likeness (QED) is 0.526. The topological polar surface area (TPSA) is 84.5 Å². The Hall–Kier alpha value is -3.41. The van der Waals surface area contributed by atoms with Crippen molar-refractivity contribution in [3.63, 3.8) is 0 Å². The van der Waals surface area contributed by atoms with Crippen LogP contribution in [-0.2, 0) is 19.1 Å². The summed E-state index contributed by atoms with van der Waals surface area (Å²) in [5.74, 6) is -1.35. The van der Waals surface area contributed by atoms with Crippen LogP contribution in [0.4, 0.5) is 5.69 Å². The molecule has 0 spiro atoms. The molecule has 1 atom stereocenters. The van der Waals surface area contributed by atoms with Crippen LogP contribution >= 0.6 is 0 Å². The molecule has 0 radical (unpaired) electrons. The number of nitrogens with one attached hydrogen (secondary N) is 2. The van der Waals surface area contributed by atoms with Gasteiger partial charge in [0, 0.05) is 12.6 Å². The summed E-state index contributed by atoms with van der Waals surface area (Å²) in [5, 5.41) is 5.24. The number of anilines is 1. The molecule has 29 heavy (non-hydrogen) atoms. The van der Waals surface area contributed by atoms with Gasteiger partial charge in [0.2, 0.25) is 5.91 Å². The third-order valence-electron chi connectivity index (χ3n) is 4.35. The largest absolute Gasteiger partial charge is 0.451 e. The molecule has 0 fully saturated rings. The van der Waals surface area contributed by atoms with Crippen LogP contribution in [-0.4, -0.2) is 24.4 Å². The number of carbonyl (C=O) groups excluding carboxylic acids is 3. The molecule has 2 aromatic carbocycles. The van der Waals surface area contributed by atoms with Gasteiger partial charge >= 0.3 is 5.97 Å². The summed E-state index contributed by atoms with van der Waals surface area (Å²) in [7, 11) is 0. The number of rotatable bonds is 8. The number of para-hydroxylation sites is 1. The van der Waals surface area contributed by atoms with Gasteiger partial charge in [-0.3, -0.25) is 9.59 Å². The van der Waals surface area contributed by atoms with Crippen LogP contribution in [0.2, 0.25) is 0 Å². The van der Waals surface area contributed by atoms with E-state index < -0.39 is 24.4 Å². The number of benzene rings is 2. The number of carbonyl (C=O) groups is 3. The van der Waals surface area contributed by atoms with E-state index in [1.165, 1.54) is 13.0 Å². The summed E-state index contributed by atoms with van der Waals surface area (Å²) in [5.41, 5.74) is 2.42. The Morgan fingerprint density at radius 2 is 1.69 bits per heavy atom. The lowest BCUT2D eigenvalue weighted by Crippen LogP contribution is -2.29. The standard InChI is InChI=1S/C23H26N2O4/c1-4-16(2)19-12-8-9-13-20(19)25-22(27)15-29-23(28)21(24-17(3)26)14-18-10-6-5-7-11-18/h5-14,16H,4,15H2,1-3H3,(H,24,26)(H,25,27)/b21-14-. The second kappa shape index (κ2) is 10.8. The van der Waals surface area contributed by atoms with Gasteiger partial charge in [0.1, 0.15) is 5.70 Å². The highest BCUT2D eigenvalue weighted by atomic mass is 16.5. The minimum atomic E-state index is -0.783. The molecule has 6 heteroatoms. The number of ether oxygens (including phenoxy) is 1. The van der Waals surface area contributed by atoms with Crippen molar-refractivity contribution >= 4 is 29.5 Å². The molecule has 6 nitrogen and oxygen atoms in total. The first kappa shape index (κ1) is 21.9. The minimum absolute atomic E-state index is 0.0310. The highest BCUT2D eigenvalue weighted by Crippen LogP contribution is 2.26. The van der Waals surface area contributed by atoms with E-state index >= 15 is 0 Å². The molecule has 2 rings (SSSR count). The van der Waals surface area contributed by atoms with Gasteiger partial charge in [-0.15, -0.1) is 0 Å². The first-order valence-electron chi connectivity index (χ1n) is 9.51. The predicted molar refractivity (Wildman–Crippen MR) is 113 cm³/mol. The zero-order valence-corrected chi connectivity index (χ0v) is 16.9. The van der Waals surface area contributed by atoms with Crippen molar-refractivity contribution in [2.75, 3.05) is 11.9 Å². The van der Waals surface area contributed by atoms with Crippen molar-refractivity contribution < 1.29 is 19.1 Å². The lowest BCUT2D eigenvalue weighted by atomic mass is 9.97. The van der Waals surface area contributed by atoms with E-state index in [1.807, 2.05) is 42.5 Å². The van der Waals surface area contributed by atoms with Crippen molar-refractivity contribution in [3.05, 3.63) is 71.4 Å². The molecular formula is C23H26N2O4. The number of hydrogen-bond acceptors (Lipinski definition) is 4. The zero-order valence-electron chi connectivity index (χ0n) is 16.9. The first-order chi connectivity index (χ1) is 13.9. The van der Waals surface area contributed by atoms with Gasteiger partial charge in [-0.2, -0.15) is 0 Å². The maximum atomic E-state index is 12.4. The van der Waals surface area contributed by atoms with E-state index in [-0.39, 0.29) is 11.6 Å². The summed E-state index contributed by atoms with van der Waals surface area (Å²) in [6, 6.07) is 16.6. The fraction of sp³-hybridized carbons (Fsp3) is 0.261. The van der Waals surface area contributed by atoms with Crippen LogP contribution in [0, 0.1) is 0 Å². The van der Waals surface area contributed by atoms with Gasteiger partial charge in [-0.25, -0.2) is 4.79 Å². The molecule has 0 saturated carbocycles. The van der Waals surface area contributed by atoms with E-state index in [0.29, 0.717) is 5.69 Å². The van der Waals surface area contributed by atoms with Gasteiger partial charge in [-0.05, 0) is 35.6 Å². The van der Waals surface area contributed by atoms with Crippen LogP contribution < -0.4 is 10.6 Å². The predicted octanol–water partition coefficient (Wildman–Crippen LogP) is 3.86. The molecule has 152 valence electrons. The molecular weight excluding hydrogens is 368 g/mol. The molecule has 0 saturated heterocycles. The van der Waals surface area contributed by atoms with Gasteiger partial charge in [0.05, 0.1) is 0 Å². The molecule has 2 N–H and O–H groups in total. The molecule has 2 aromatic rings. The summed E-state index contributed by atoms with van der Waals surface area (Å²) in [6.45, 7) is 5.00. The van der Waals surface area contributed by atoms with Crippen LogP contribution in [0.5, 0.6) is 0 Å². The molecule has 1 unspecified atom stereocenters. The third kappa shape index (κ3) is 6.92. The highest BCUT2D eigenvalue weighted by Gasteiger charge is 2.16. The van der Waals surface area contributed by atoms with Crippen molar-refractivity contribution in [3.8, 4) is 0 Å². The number of hydrogen-bond donors (Lipinski definition) is 2. The maximum Gasteiger partial charge on any atom is 0.355 e. The fourth-order valence-electron chi connectivity index (χ4n) is 2.71. The van der Waals surface area contributed by atoms with Crippen molar-refractivity contribution in [2.45, 2.75) is 33.1 Å². The molecule has 2 amide bonds. The van der Waals surface area contributed by atoms with Gasteiger partial charge in [0.15, 0.2) is 6.61 Å². The van der Waals surface area contributed by atoms with E-state index in [2.05, 4.69) is 24.5 Å². The molecule has 0 bridgehead atoms.